The second-order valence-corrected chi connectivity index (χ2v) is 7.98. The SMILES string of the molecule is CC(NC(=O)c1cccc(S(=O)(=O)NCC2CC2)c1)C(C)C(=O)O. The van der Waals surface area contributed by atoms with Crippen molar-refractivity contribution in [2.75, 3.05) is 6.54 Å². The van der Waals surface area contributed by atoms with Gasteiger partial charge < -0.3 is 10.4 Å². The number of sulfonamides is 1. The lowest BCUT2D eigenvalue weighted by atomic mass is 10.0. The van der Waals surface area contributed by atoms with Gasteiger partial charge in [0.1, 0.15) is 0 Å². The fourth-order valence-electron chi connectivity index (χ4n) is 2.07. The number of amides is 1. The van der Waals surface area contributed by atoms with E-state index in [4.69, 9.17) is 5.11 Å². The minimum atomic E-state index is -3.65. The lowest BCUT2D eigenvalue weighted by Gasteiger charge is -2.18. The highest BCUT2D eigenvalue weighted by Gasteiger charge is 2.25. The van der Waals surface area contributed by atoms with Crippen LogP contribution in [0.3, 0.4) is 0 Å². The predicted molar refractivity (Wildman–Crippen MR) is 88.1 cm³/mol. The van der Waals surface area contributed by atoms with Gasteiger partial charge in [0, 0.05) is 18.2 Å². The van der Waals surface area contributed by atoms with Crippen LogP contribution in [0.5, 0.6) is 0 Å². The molecular formula is C16H22N2O5S. The van der Waals surface area contributed by atoms with Gasteiger partial charge in [-0.3, -0.25) is 9.59 Å². The van der Waals surface area contributed by atoms with Gasteiger partial charge in [-0.1, -0.05) is 6.07 Å². The molecule has 3 N–H and O–H groups in total. The van der Waals surface area contributed by atoms with Gasteiger partial charge in [-0.2, -0.15) is 0 Å². The molecule has 1 aromatic rings. The van der Waals surface area contributed by atoms with E-state index in [1.165, 1.54) is 31.2 Å². The smallest absolute Gasteiger partial charge is 0.308 e. The standard InChI is InChI=1S/C16H22N2O5S/c1-10(16(20)21)11(2)18-15(19)13-4-3-5-14(8-13)24(22,23)17-9-12-6-7-12/h3-5,8,10-12,17H,6-7,9H2,1-2H3,(H,18,19)(H,20,21). The van der Waals surface area contributed by atoms with Crippen molar-refractivity contribution in [2.45, 2.75) is 37.6 Å². The number of hydrogen-bond acceptors (Lipinski definition) is 4. The second-order valence-electron chi connectivity index (χ2n) is 6.21. The molecule has 1 saturated carbocycles. The van der Waals surface area contributed by atoms with Gasteiger partial charge in [-0.15, -0.1) is 0 Å². The predicted octanol–water partition coefficient (Wildman–Crippen LogP) is 1.21. The highest BCUT2D eigenvalue weighted by atomic mass is 32.2. The van der Waals surface area contributed by atoms with E-state index >= 15 is 0 Å². The highest BCUT2D eigenvalue weighted by Crippen LogP contribution is 2.28. The average molecular weight is 354 g/mol. The molecule has 1 aromatic carbocycles. The normalized spacial score (nSPS) is 17.1. The molecule has 1 aliphatic rings. The molecule has 1 fully saturated rings. The van der Waals surface area contributed by atoms with Gasteiger partial charge in [0.15, 0.2) is 0 Å². The number of carboxylic acid groups (broad SMARTS) is 1. The van der Waals surface area contributed by atoms with Gasteiger partial charge in [-0.05, 0) is 50.8 Å². The summed E-state index contributed by atoms with van der Waals surface area (Å²) in [4.78, 5) is 23.2. The van der Waals surface area contributed by atoms with Gasteiger partial charge in [0.2, 0.25) is 10.0 Å². The third-order valence-corrected chi connectivity index (χ3v) is 5.59. The Morgan fingerprint density at radius 3 is 2.54 bits per heavy atom. The number of carbonyl (C=O) groups excluding carboxylic acids is 1. The van der Waals surface area contributed by atoms with Crippen molar-refractivity contribution in [3.05, 3.63) is 29.8 Å². The monoisotopic (exact) mass is 354 g/mol. The van der Waals surface area contributed by atoms with Crippen LogP contribution in [0.1, 0.15) is 37.0 Å². The molecule has 0 spiro atoms. The van der Waals surface area contributed by atoms with E-state index < -0.39 is 33.9 Å². The van der Waals surface area contributed by atoms with E-state index in [1.807, 2.05) is 0 Å². The number of rotatable bonds is 8. The second kappa shape index (κ2) is 7.31. The number of hydrogen-bond donors (Lipinski definition) is 3. The van der Waals surface area contributed by atoms with Crippen molar-refractivity contribution in [1.82, 2.24) is 10.0 Å². The molecule has 2 unspecified atom stereocenters. The van der Waals surface area contributed by atoms with Crippen LogP contribution in [0.2, 0.25) is 0 Å². The highest BCUT2D eigenvalue weighted by molar-refractivity contribution is 7.89. The summed E-state index contributed by atoms with van der Waals surface area (Å²) < 4.78 is 27.0. The number of benzene rings is 1. The van der Waals surface area contributed by atoms with Crippen molar-refractivity contribution in [2.24, 2.45) is 11.8 Å². The van der Waals surface area contributed by atoms with Gasteiger partial charge in [-0.25, -0.2) is 13.1 Å². The van der Waals surface area contributed by atoms with Crippen LogP contribution in [-0.2, 0) is 14.8 Å². The first-order valence-electron chi connectivity index (χ1n) is 7.84. The summed E-state index contributed by atoms with van der Waals surface area (Å²) in [5.41, 5.74) is 0.175. The molecule has 2 atom stereocenters. The molecule has 24 heavy (non-hydrogen) atoms. The Balaban J connectivity index is 2.08. The number of aliphatic carboxylic acids is 1. The molecule has 0 radical (unpaired) electrons. The molecule has 132 valence electrons. The molecule has 1 amide bonds. The zero-order valence-electron chi connectivity index (χ0n) is 13.7. The van der Waals surface area contributed by atoms with Crippen molar-refractivity contribution < 1.29 is 23.1 Å². The minimum absolute atomic E-state index is 0.0229. The topological polar surface area (TPSA) is 113 Å². The molecule has 8 heteroatoms. The third-order valence-electron chi connectivity index (χ3n) is 4.16. The Labute approximate surface area is 141 Å². The van der Waals surface area contributed by atoms with Gasteiger partial charge >= 0.3 is 5.97 Å². The minimum Gasteiger partial charge on any atom is -0.481 e. The molecule has 2 rings (SSSR count). The lowest BCUT2D eigenvalue weighted by molar-refractivity contribution is -0.141. The number of carboxylic acids is 1. The van der Waals surface area contributed by atoms with Crippen LogP contribution in [0.25, 0.3) is 0 Å². The van der Waals surface area contributed by atoms with Gasteiger partial charge in [0.25, 0.3) is 5.91 Å². The fraction of sp³-hybridized carbons (Fsp3) is 0.500. The summed E-state index contributed by atoms with van der Waals surface area (Å²) in [6.45, 7) is 3.50. The first kappa shape index (κ1) is 18.4. The van der Waals surface area contributed by atoms with Crippen molar-refractivity contribution >= 4 is 21.9 Å². The summed E-state index contributed by atoms with van der Waals surface area (Å²) in [6.07, 6.45) is 2.06. The van der Waals surface area contributed by atoms with Crippen LogP contribution in [0, 0.1) is 11.8 Å². The molecule has 0 heterocycles. The first-order chi connectivity index (χ1) is 11.2. The molecular weight excluding hydrogens is 332 g/mol. The van der Waals surface area contributed by atoms with Crippen LogP contribution in [-0.4, -0.2) is 38.0 Å². The Kier molecular flexibility index (Phi) is 5.61. The number of nitrogens with one attached hydrogen (secondary N) is 2. The van der Waals surface area contributed by atoms with Crippen molar-refractivity contribution in [1.29, 1.82) is 0 Å². The summed E-state index contributed by atoms with van der Waals surface area (Å²) in [5.74, 6) is -1.86. The van der Waals surface area contributed by atoms with E-state index in [9.17, 15) is 18.0 Å². The molecule has 0 aliphatic heterocycles. The van der Waals surface area contributed by atoms with E-state index in [0.29, 0.717) is 12.5 Å². The van der Waals surface area contributed by atoms with E-state index in [0.717, 1.165) is 12.8 Å². The Bertz CT molecular complexity index is 728. The van der Waals surface area contributed by atoms with E-state index in [2.05, 4.69) is 10.0 Å². The zero-order chi connectivity index (χ0) is 17.9. The maximum absolute atomic E-state index is 12.2. The molecule has 0 aromatic heterocycles. The van der Waals surface area contributed by atoms with Crippen LogP contribution >= 0.6 is 0 Å². The fourth-order valence-corrected chi connectivity index (χ4v) is 3.23. The third kappa shape index (κ3) is 4.78. The Morgan fingerprint density at radius 1 is 1.29 bits per heavy atom. The largest absolute Gasteiger partial charge is 0.481 e. The quantitative estimate of drug-likeness (QED) is 0.650. The maximum atomic E-state index is 12.2. The summed E-state index contributed by atoms with van der Waals surface area (Å²) in [6, 6.07) is 5.13. The summed E-state index contributed by atoms with van der Waals surface area (Å²) in [7, 11) is -3.65. The van der Waals surface area contributed by atoms with Crippen molar-refractivity contribution in [3.8, 4) is 0 Å². The van der Waals surface area contributed by atoms with Crippen LogP contribution in [0.15, 0.2) is 29.2 Å². The van der Waals surface area contributed by atoms with Crippen LogP contribution < -0.4 is 10.0 Å². The average Bonchev–Trinajstić information content (AvgIpc) is 3.36. The molecule has 0 bridgehead atoms. The number of carbonyl (C=O) groups is 2. The Morgan fingerprint density at radius 2 is 1.96 bits per heavy atom. The van der Waals surface area contributed by atoms with E-state index in [1.54, 1.807) is 6.92 Å². The Hall–Kier alpha value is -1.93. The van der Waals surface area contributed by atoms with Crippen molar-refractivity contribution in [3.63, 3.8) is 0 Å². The molecule has 1 aliphatic carbocycles. The summed E-state index contributed by atoms with van der Waals surface area (Å²) in [5, 5.41) is 11.5. The zero-order valence-corrected chi connectivity index (χ0v) is 14.5. The van der Waals surface area contributed by atoms with Gasteiger partial charge in [0.05, 0.1) is 10.8 Å². The maximum Gasteiger partial charge on any atom is 0.308 e. The first-order valence-corrected chi connectivity index (χ1v) is 9.32. The van der Waals surface area contributed by atoms with Crippen LogP contribution in [0.4, 0.5) is 0 Å². The summed E-state index contributed by atoms with van der Waals surface area (Å²) >= 11 is 0. The lowest BCUT2D eigenvalue weighted by Crippen LogP contribution is -2.40. The molecule has 7 nitrogen and oxygen atoms in total. The van der Waals surface area contributed by atoms with E-state index in [-0.39, 0.29) is 10.5 Å². The molecule has 0 saturated heterocycles.